The van der Waals surface area contributed by atoms with E-state index in [0.29, 0.717) is 5.56 Å². The maximum atomic E-state index is 12.8. The topological polar surface area (TPSA) is 26.0 Å². The van der Waals surface area contributed by atoms with Crippen molar-refractivity contribution in [1.29, 1.82) is 0 Å². The average Bonchev–Trinajstić information content (AvgIpc) is 2.56. The van der Waals surface area contributed by atoms with Gasteiger partial charge in [-0.1, -0.05) is 30.3 Å². The molecule has 2 aromatic rings. The van der Waals surface area contributed by atoms with Gasteiger partial charge in [0.15, 0.2) is 0 Å². The molecule has 0 heterocycles. The first kappa shape index (κ1) is 13.2. The van der Waals surface area contributed by atoms with Crippen LogP contribution in [0.3, 0.4) is 0 Å². The van der Waals surface area contributed by atoms with Crippen LogP contribution in [0.25, 0.3) is 0 Å². The highest BCUT2D eigenvalue weighted by Crippen LogP contribution is 2.36. The van der Waals surface area contributed by atoms with Crippen LogP contribution in [0.2, 0.25) is 0 Å². The molecular weight excluding hydrogens is 263 g/mol. The fourth-order valence-electron chi connectivity index (χ4n) is 2.79. The van der Waals surface area contributed by atoms with Crippen molar-refractivity contribution in [3.63, 3.8) is 0 Å². The number of hydrogen-bond acceptors (Lipinski definition) is 1. The molecule has 2 N–H and O–H groups in total. The van der Waals surface area contributed by atoms with Gasteiger partial charge < -0.3 is 5.73 Å². The van der Waals surface area contributed by atoms with Crippen LogP contribution in [0.1, 0.15) is 33.9 Å². The van der Waals surface area contributed by atoms with Crippen LogP contribution in [-0.2, 0) is 19.0 Å². The molecule has 0 saturated heterocycles. The molecule has 0 aromatic heterocycles. The summed E-state index contributed by atoms with van der Waals surface area (Å²) in [4.78, 5) is 0. The number of rotatable bonds is 0. The van der Waals surface area contributed by atoms with E-state index in [0.717, 1.165) is 35.6 Å². The largest absolute Gasteiger partial charge is 0.416 e. The summed E-state index contributed by atoms with van der Waals surface area (Å²) in [5.74, 6) is 0. The summed E-state index contributed by atoms with van der Waals surface area (Å²) < 4.78 is 38.5. The SMILES string of the molecule is NC1c2ccccc2CCc2ccc(C(F)(F)F)cc21. The molecule has 0 amide bonds. The highest BCUT2D eigenvalue weighted by Gasteiger charge is 2.32. The van der Waals surface area contributed by atoms with E-state index < -0.39 is 17.8 Å². The first-order valence-electron chi connectivity index (χ1n) is 6.50. The van der Waals surface area contributed by atoms with Crippen molar-refractivity contribution in [3.8, 4) is 0 Å². The Bertz CT molecular complexity index is 646. The standard InChI is InChI=1S/C16H14F3N/c17-16(18,19)12-8-7-11-6-5-10-3-1-2-4-13(10)15(20)14(11)9-12/h1-4,7-9,15H,5-6,20H2. The van der Waals surface area contributed by atoms with E-state index in [1.54, 1.807) is 6.07 Å². The third kappa shape index (κ3) is 2.20. The predicted molar refractivity (Wildman–Crippen MR) is 71.3 cm³/mol. The lowest BCUT2D eigenvalue weighted by Crippen LogP contribution is -2.15. The summed E-state index contributed by atoms with van der Waals surface area (Å²) >= 11 is 0. The quantitative estimate of drug-likeness (QED) is 0.777. The molecule has 3 rings (SSSR count). The van der Waals surface area contributed by atoms with Crippen LogP contribution in [0, 0.1) is 0 Å². The zero-order valence-electron chi connectivity index (χ0n) is 10.7. The zero-order valence-corrected chi connectivity index (χ0v) is 10.7. The molecule has 2 aromatic carbocycles. The van der Waals surface area contributed by atoms with E-state index in [1.807, 2.05) is 24.3 Å². The van der Waals surface area contributed by atoms with Crippen LogP contribution in [-0.4, -0.2) is 0 Å². The van der Waals surface area contributed by atoms with Crippen molar-refractivity contribution in [2.45, 2.75) is 25.1 Å². The number of halogens is 3. The van der Waals surface area contributed by atoms with Crippen molar-refractivity contribution in [1.82, 2.24) is 0 Å². The molecule has 1 atom stereocenters. The average molecular weight is 277 g/mol. The molecule has 4 heteroatoms. The van der Waals surface area contributed by atoms with Crippen LogP contribution >= 0.6 is 0 Å². The van der Waals surface area contributed by atoms with E-state index in [-0.39, 0.29) is 0 Å². The Labute approximate surface area is 115 Å². The fraction of sp³-hybridized carbons (Fsp3) is 0.250. The number of alkyl halides is 3. The molecular formula is C16H14F3N. The molecule has 0 bridgehead atoms. The second-order valence-corrected chi connectivity index (χ2v) is 5.09. The molecule has 104 valence electrons. The maximum absolute atomic E-state index is 12.8. The van der Waals surface area contributed by atoms with Gasteiger partial charge in [-0.2, -0.15) is 13.2 Å². The molecule has 20 heavy (non-hydrogen) atoms. The van der Waals surface area contributed by atoms with Crippen molar-refractivity contribution < 1.29 is 13.2 Å². The number of hydrogen-bond donors (Lipinski definition) is 1. The Morgan fingerprint density at radius 1 is 0.900 bits per heavy atom. The number of fused-ring (bicyclic) bond motifs is 2. The van der Waals surface area contributed by atoms with E-state index in [2.05, 4.69) is 0 Å². The van der Waals surface area contributed by atoms with Gasteiger partial charge in [-0.25, -0.2) is 0 Å². The summed E-state index contributed by atoms with van der Waals surface area (Å²) in [5.41, 5.74) is 9.10. The van der Waals surface area contributed by atoms with Gasteiger partial charge in [0.05, 0.1) is 11.6 Å². The van der Waals surface area contributed by atoms with Gasteiger partial charge in [-0.05, 0) is 47.2 Å². The summed E-state index contributed by atoms with van der Waals surface area (Å²) in [6.45, 7) is 0. The van der Waals surface area contributed by atoms with Gasteiger partial charge in [-0.3, -0.25) is 0 Å². The second kappa shape index (κ2) is 4.63. The minimum Gasteiger partial charge on any atom is -0.320 e. The third-order valence-electron chi connectivity index (χ3n) is 3.86. The molecule has 0 saturated carbocycles. The summed E-state index contributed by atoms with van der Waals surface area (Å²) in [5, 5.41) is 0. The normalized spacial score (nSPS) is 18.1. The van der Waals surface area contributed by atoms with Gasteiger partial charge in [-0.15, -0.1) is 0 Å². The van der Waals surface area contributed by atoms with Crippen molar-refractivity contribution in [2.75, 3.05) is 0 Å². The zero-order chi connectivity index (χ0) is 14.3. The van der Waals surface area contributed by atoms with Gasteiger partial charge in [0.25, 0.3) is 0 Å². The maximum Gasteiger partial charge on any atom is 0.416 e. The van der Waals surface area contributed by atoms with E-state index in [1.165, 1.54) is 6.07 Å². The molecule has 0 spiro atoms. The monoisotopic (exact) mass is 277 g/mol. The summed E-state index contributed by atoms with van der Waals surface area (Å²) in [6.07, 6.45) is -2.80. The van der Waals surface area contributed by atoms with E-state index in [4.69, 9.17) is 5.73 Å². The van der Waals surface area contributed by atoms with Crippen molar-refractivity contribution in [2.24, 2.45) is 5.73 Å². The van der Waals surface area contributed by atoms with Crippen LogP contribution < -0.4 is 5.73 Å². The molecule has 0 fully saturated rings. The Kier molecular flexibility index (Phi) is 3.05. The Balaban J connectivity index is 2.13. The molecule has 1 aliphatic carbocycles. The number of nitrogens with two attached hydrogens (primary N) is 1. The molecule has 0 radical (unpaired) electrons. The lowest BCUT2D eigenvalue weighted by atomic mass is 9.94. The lowest BCUT2D eigenvalue weighted by molar-refractivity contribution is -0.137. The lowest BCUT2D eigenvalue weighted by Gasteiger charge is -2.17. The fourth-order valence-corrected chi connectivity index (χ4v) is 2.79. The molecule has 1 nitrogen and oxygen atoms in total. The molecule has 1 aliphatic rings. The Morgan fingerprint density at radius 3 is 2.25 bits per heavy atom. The van der Waals surface area contributed by atoms with Gasteiger partial charge in [0, 0.05) is 0 Å². The third-order valence-corrected chi connectivity index (χ3v) is 3.86. The summed E-state index contributed by atoms with van der Waals surface area (Å²) in [6, 6.07) is 11.1. The van der Waals surface area contributed by atoms with Gasteiger partial charge >= 0.3 is 6.18 Å². The smallest absolute Gasteiger partial charge is 0.320 e. The minimum absolute atomic E-state index is 0.494. The summed E-state index contributed by atoms with van der Waals surface area (Å²) in [7, 11) is 0. The van der Waals surface area contributed by atoms with E-state index >= 15 is 0 Å². The molecule has 1 unspecified atom stereocenters. The van der Waals surface area contributed by atoms with Gasteiger partial charge in [0.2, 0.25) is 0 Å². The highest BCUT2D eigenvalue weighted by molar-refractivity contribution is 5.45. The highest BCUT2D eigenvalue weighted by atomic mass is 19.4. The first-order valence-corrected chi connectivity index (χ1v) is 6.50. The molecule has 0 aliphatic heterocycles. The van der Waals surface area contributed by atoms with Gasteiger partial charge in [0.1, 0.15) is 0 Å². The van der Waals surface area contributed by atoms with E-state index in [9.17, 15) is 13.2 Å². The second-order valence-electron chi connectivity index (χ2n) is 5.09. The van der Waals surface area contributed by atoms with Crippen molar-refractivity contribution in [3.05, 3.63) is 70.3 Å². The predicted octanol–water partition coefficient (Wildman–Crippen LogP) is 3.85. The van der Waals surface area contributed by atoms with Crippen LogP contribution in [0.5, 0.6) is 0 Å². The Morgan fingerprint density at radius 2 is 1.55 bits per heavy atom. The van der Waals surface area contributed by atoms with Crippen LogP contribution in [0.15, 0.2) is 42.5 Å². The minimum atomic E-state index is -4.33. The first-order chi connectivity index (χ1) is 9.47. The van der Waals surface area contributed by atoms with Crippen LogP contribution in [0.4, 0.5) is 13.2 Å². The number of aryl methyl sites for hydroxylation is 2. The number of benzene rings is 2. The van der Waals surface area contributed by atoms with Crippen molar-refractivity contribution >= 4 is 0 Å². The Hall–Kier alpha value is -1.81.